The predicted octanol–water partition coefficient (Wildman–Crippen LogP) is 1.45. The number of hydrogen-bond acceptors (Lipinski definition) is 3. The average molecular weight is 231 g/mol. The topological polar surface area (TPSA) is 50.1 Å². The van der Waals surface area contributed by atoms with E-state index < -0.39 is 0 Å². The van der Waals surface area contributed by atoms with Gasteiger partial charge in [-0.05, 0) is 31.5 Å². The average Bonchev–Trinajstić information content (AvgIpc) is 2.97. The standard InChI is InChI=1S/C13H17N3O/c17-9-8-16-12-6-2-1-4-10(12)15-13(16)11-5-3-7-14-11/h1-2,4,6,11,14,17H,3,5,7-9H2. The second-order valence-electron chi connectivity index (χ2n) is 4.48. The van der Waals surface area contributed by atoms with Gasteiger partial charge in [-0.3, -0.25) is 0 Å². The number of nitrogens with zero attached hydrogens (tertiary/aromatic N) is 2. The summed E-state index contributed by atoms with van der Waals surface area (Å²) in [4.78, 5) is 4.70. The predicted molar refractivity (Wildman–Crippen MR) is 66.8 cm³/mol. The number of para-hydroxylation sites is 2. The first-order valence-corrected chi connectivity index (χ1v) is 6.19. The molecule has 2 N–H and O–H groups in total. The normalized spacial score (nSPS) is 20.2. The summed E-state index contributed by atoms with van der Waals surface area (Å²) in [6, 6.07) is 8.46. The van der Waals surface area contributed by atoms with Gasteiger partial charge in [0, 0.05) is 6.54 Å². The molecule has 1 aromatic heterocycles. The van der Waals surface area contributed by atoms with Gasteiger partial charge in [-0.2, -0.15) is 0 Å². The summed E-state index contributed by atoms with van der Waals surface area (Å²) in [5, 5.41) is 12.7. The van der Waals surface area contributed by atoms with Crippen LogP contribution >= 0.6 is 0 Å². The molecule has 2 aromatic rings. The fourth-order valence-corrected chi connectivity index (χ4v) is 2.60. The molecule has 1 saturated heterocycles. The van der Waals surface area contributed by atoms with E-state index in [0.717, 1.165) is 29.8 Å². The number of rotatable bonds is 3. The first-order valence-electron chi connectivity index (χ1n) is 6.19. The second kappa shape index (κ2) is 4.47. The first kappa shape index (κ1) is 10.7. The maximum atomic E-state index is 9.20. The van der Waals surface area contributed by atoms with Crippen LogP contribution in [0.2, 0.25) is 0 Å². The lowest BCUT2D eigenvalue weighted by Crippen LogP contribution is -2.19. The second-order valence-corrected chi connectivity index (χ2v) is 4.48. The quantitative estimate of drug-likeness (QED) is 0.840. The molecule has 1 fully saturated rings. The molecule has 1 aromatic carbocycles. The summed E-state index contributed by atoms with van der Waals surface area (Å²) in [5.41, 5.74) is 2.13. The van der Waals surface area contributed by atoms with Gasteiger partial charge in [0.2, 0.25) is 0 Å². The third-order valence-corrected chi connectivity index (χ3v) is 3.38. The highest BCUT2D eigenvalue weighted by Gasteiger charge is 2.22. The van der Waals surface area contributed by atoms with Crippen LogP contribution in [-0.2, 0) is 6.54 Å². The Morgan fingerprint density at radius 1 is 1.41 bits per heavy atom. The zero-order valence-electron chi connectivity index (χ0n) is 9.76. The van der Waals surface area contributed by atoms with Crippen LogP contribution in [0.4, 0.5) is 0 Å². The third kappa shape index (κ3) is 1.83. The number of aromatic nitrogens is 2. The molecule has 0 bridgehead atoms. The lowest BCUT2D eigenvalue weighted by molar-refractivity contribution is 0.274. The molecule has 90 valence electrons. The molecule has 2 heterocycles. The molecule has 0 aliphatic carbocycles. The van der Waals surface area contributed by atoms with Gasteiger partial charge in [0.25, 0.3) is 0 Å². The van der Waals surface area contributed by atoms with E-state index in [4.69, 9.17) is 4.98 Å². The van der Waals surface area contributed by atoms with Gasteiger partial charge >= 0.3 is 0 Å². The van der Waals surface area contributed by atoms with Crippen molar-refractivity contribution >= 4 is 11.0 Å². The summed E-state index contributed by atoms with van der Waals surface area (Å²) >= 11 is 0. The van der Waals surface area contributed by atoms with Crippen molar-refractivity contribution in [2.45, 2.75) is 25.4 Å². The Hall–Kier alpha value is -1.39. The van der Waals surface area contributed by atoms with Crippen molar-refractivity contribution < 1.29 is 5.11 Å². The maximum absolute atomic E-state index is 9.20. The number of aliphatic hydroxyl groups excluding tert-OH is 1. The van der Waals surface area contributed by atoms with Crippen LogP contribution < -0.4 is 5.32 Å². The van der Waals surface area contributed by atoms with Crippen molar-refractivity contribution in [3.63, 3.8) is 0 Å². The monoisotopic (exact) mass is 231 g/mol. The zero-order chi connectivity index (χ0) is 11.7. The molecule has 3 rings (SSSR count). The molecule has 0 spiro atoms. The molecule has 1 atom stereocenters. The molecular formula is C13H17N3O. The van der Waals surface area contributed by atoms with Gasteiger partial charge in [-0.25, -0.2) is 4.98 Å². The van der Waals surface area contributed by atoms with E-state index in [0.29, 0.717) is 12.6 Å². The molecule has 1 aliphatic rings. The molecule has 0 saturated carbocycles. The van der Waals surface area contributed by atoms with Gasteiger partial charge in [0.15, 0.2) is 0 Å². The Bertz CT molecular complexity index is 514. The summed E-state index contributed by atoms with van der Waals surface area (Å²) in [5.74, 6) is 1.07. The van der Waals surface area contributed by atoms with Crippen LogP contribution in [0.3, 0.4) is 0 Å². The van der Waals surface area contributed by atoms with Gasteiger partial charge in [0.05, 0.1) is 23.7 Å². The van der Waals surface area contributed by atoms with E-state index in [1.54, 1.807) is 0 Å². The third-order valence-electron chi connectivity index (χ3n) is 3.38. The highest BCUT2D eigenvalue weighted by atomic mass is 16.3. The van der Waals surface area contributed by atoms with Crippen molar-refractivity contribution in [1.82, 2.24) is 14.9 Å². The van der Waals surface area contributed by atoms with Crippen LogP contribution in [-0.4, -0.2) is 27.8 Å². The minimum Gasteiger partial charge on any atom is -0.395 e. The fraction of sp³-hybridized carbons (Fsp3) is 0.462. The molecule has 4 heteroatoms. The first-order chi connectivity index (χ1) is 8.40. The van der Waals surface area contributed by atoms with E-state index in [-0.39, 0.29) is 6.61 Å². The highest BCUT2D eigenvalue weighted by Crippen LogP contribution is 2.26. The Morgan fingerprint density at radius 2 is 2.29 bits per heavy atom. The molecule has 0 amide bonds. The Morgan fingerprint density at radius 3 is 3.06 bits per heavy atom. The van der Waals surface area contributed by atoms with Crippen molar-refractivity contribution in [3.8, 4) is 0 Å². The van der Waals surface area contributed by atoms with Crippen molar-refractivity contribution in [3.05, 3.63) is 30.1 Å². The minimum atomic E-state index is 0.153. The molecule has 0 radical (unpaired) electrons. The van der Waals surface area contributed by atoms with Gasteiger partial charge in [-0.1, -0.05) is 12.1 Å². The lowest BCUT2D eigenvalue weighted by atomic mass is 10.2. The number of fused-ring (bicyclic) bond motifs is 1. The Balaban J connectivity index is 2.11. The summed E-state index contributed by atoms with van der Waals surface area (Å²) in [6.45, 7) is 1.83. The van der Waals surface area contributed by atoms with E-state index in [2.05, 4.69) is 16.0 Å². The summed E-state index contributed by atoms with van der Waals surface area (Å²) < 4.78 is 2.14. The molecule has 1 unspecified atom stereocenters. The minimum absolute atomic E-state index is 0.153. The van der Waals surface area contributed by atoms with Gasteiger partial charge < -0.3 is 15.0 Å². The number of aliphatic hydroxyl groups is 1. The highest BCUT2D eigenvalue weighted by molar-refractivity contribution is 5.76. The van der Waals surface area contributed by atoms with Crippen molar-refractivity contribution in [2.24, 2.45) is 0 Å². The smallest absolute Gasteiger partial charge is 0.127 e. The van der Waals surface area contributed by atoms with Gasteiger partial charge in [0.1, 0.15) is 5.82 Å². The maximum Gasteiger partial charge on any atom is 0.127 e. The Kier molecular flexibility index (Phi) is 2.82. The van der Waals surface area contributed by atoms with Crippen LogP contribution in [0.15, 0.2) is 24.3 Å². The van der Waals surface area contributed by atoms with Crippen LogP contribution in [0.5, 0.6) is 0 Å². The van der Waals surface area contributed by atoms with Crippen molar-refractivity contribution in [1.29, 1.82) is 0 Å². The van der Waals surface area contributed by atoms with Crippen LogP contribution in [0.25, 0.3) is 11.0 Å². The fourth-order valence-electron chi connectivity index (χ4n) is 2.60. The van der Waals surface area contributed by atoms with E-state index >= 15 is 0 Å². The summed E-state index contributed by atoms with van der Waals surface area (Å²) in [7, 11) is 0. The van der Waals surface area contributed by atoms with Crippen LogP contribution in [0.1, 0.15) is 24.7 Å². The Labute approximate surface area is 100 Å². The van der Waals surface area contributed by atoms with E-state index in [9.17, 15) is 5.11 Å². The zero-order valence-corrected chi connectivity index (χ0v) is 9.76. The lowest BCUT2D eigenvalue weighted by Gasteiger charge is -2.12. The molecule has 4 nitrogen and oxygen atoms in total. The SMILES string of the molecule is OCCn1c(C2CCCN2)nc2ccccc21. The van der Waals surface area contributed by atoms with E-state index in [1.807, 2.05) is 18.2 Å². The van der Waals surface area contributed by atoms with Gasteiger partial charge in [-0.15, -0.1) is 0 Å². The molecular weight excluding hydrogens is 214 g/mol. The summed E-state index contributed by atoms with van der Waals surface area (Å²) in [6.07, 6.45) is 2.34. The molecule has 17 heavy (non-hydrogen) atoms. The number of hydrogen-bond donors (Lipinski definition) is 2. The number of imidazole rings is 1. The largest absolute Gasteiger partial charge is 0.395 e. The number of benzene rings is 1. The molecule has 1 aliphatic heterocycles. The van der Waals surface area contributed by atoms with E-state index in [1.165, 1.54) is 6.42 Å². The van der Waals surface area contributed by atoms with Crippen LogP contribution in [0, 0.1) is 0 Å². The number of nitrogens with one attached hydrogen (secondary N) is 1. The van der Waals surface area contributed by atoms with Crippen molar-refractivity contribution in [2.75, 3.05) is 13.2 Å².